The van der Waals surface area contributed by atoms with Gasteiger partial charge in [0, 0.05) is 58.7 Å². The van der Waals surface area contributed by atoms with E-state index in [0.717, 1.165) is 12.1 Å². The third-order valence-electron chi connectivity index (χ3n) is 3.56. The summed E-state index contributed by atoms with van der Waals surface area (Å²) in [4.78, 5) is 24.6. The molecule has 0 spiro atoms. The molecule has 7 heteroatoms. The number of morpholine rings is 1. The molecule has 2 heterocycles. The molecule has 1 saturated heterocycles. The van der Waals surface area contributed by atoms with Crippen molar-refractivity contribution < 1.29 is 9.53 Å². The molecule has 0 unspecified atom stereocenters. The molecule has 21 heavy (non-hydrogen) atoms. The van der Waals surface area contributed by atoms with Crippen molar-refractivity contribution in [2.24, 2.45) is 0 Å². The van der Waals surface area contributed by atoms with E-state index in [0.29, 0.717) is 25.6 Å². The van der Waals surface area contributed by atoms with Crippen LogP contribution in [0, 0.1) is 0 Å². The van der Waals surface area contributed by atoms with Crippen molar-refractivity contribution in [1.82, 2.24) is 20.2 Å². The third kappa shape index (κ3) is 3.68. The van der Waals surface area contributed by atoms with Crippen LogP contribution in [-0.4, -0.2) is 67.2 Å². The maximum atomic E-state index is 11.9. The van der Waals surface area contributed by atoms with Gasteiger partial charge in [-0.3, -0.25) is 9.69 Å². The molecule has 1 atom stereocenters. The Kier molecular flexibility index (Phi) is 4.74. The Bertz CT molecular complexity index is 491. The van der Waals surface area contributed by atoms with Crippen molar-refractivity contribution in [3.63, 3.8) is 0 Å². The highest BCUT2D eigenvalue weighted by Gasteiger charge is 2.38. The van der Waals surface area contributed by atoms with E-state index >= 15 is 0 Å². The first-order valence-corrected chi connectivity index (χ1v) is 7.01. The van der Waals surface area contributed by atoms with Gasteiger partial charge in [-0.05, 0) is 6.92 Å². The topological polar surface area (TPSA) is 70.6 Å². The van der Waals surface area contributed by atoms with Crippen LogP contribution in [-0.2, 0) is 16.1 Å². The van der Waals surface area contributed by atoms with Gasteiger partial charge in [0.2, 0.25) is 5.95 Å². The van der Waals surface area contributed by atoms with Crippen molar-refractivity contribution in [1.29, 1.82) is 0 Å². The first-order chi connectivity index (χ1) is 9.94. The summed E-state index contributed by atoms with van der Waals surface area (Å²) in [5.41, 5.74) is 0.235. The van der Waals surface area contributed by atoms with Gasteiger partial charge in [0.1, 0.15) is 0 Å². The molecule has 1 amide bonds. The first kappa shape index (κ1) is 15.7. The van der Waals surface area contributed by atoms with Crippen molar-refractivity contribution in [3.05, 3.63) is 18.0 Å². The lowest BCUT2D eigenvalue weighted by Gasteiger charge is -2.39. The summed E-state index contributed by atoms with van der Waals surface area (Å²) < 4.78 is 5.65. The second kappa shape index (κ2) is 6.36. The fraction of sp³-hybridized carbons (Fsp3) is 0.643. The number of anilines is 1. The van der Waals surface area contributed by atoms with E-state index in [2.05, 4.69) is 20.2 Å². The predicted molar refractivity (Wildman–Crippen MR) is 80.1 cm³/mol. The van der Waals surface area contributed by atoms with Gasteiger partial charge >= 0.3 is 0 Å². The van der Waals surface area contributed by atoms with Gasteiger partial charge < -0.3 is 15.0 Å². The zero-order valence-electron chi connectivity index (χ0n) is 13.1. The number of carbonyl (C=O) groups is 1. The average molecular weight is 293 g/mol. The highest BCUT2D eigenvalue weighted by Crippen LogP contribution is 2.19. The number of carbonyl (C=O) groups excluding carboxylic acids is 1. The van der Waals surface area contributed by atoms with Gasteiger partial charge in [0.25, 0.3) is 5.91 Å². The Hall–Kier alpha value is -1.73. The second-order valence-corrected chi connectivity index (χ2v) is 5.65. The van der Waals surface area contributed by atoms with Crippen LogP contribution in [0.3, 0.4) is 0 Å². The van der Waals surface area contributed by atoms with Gasteiger partial charge in [-0.25, -0.2) is 9.97 Å². The van der Waals surface area contributed by atoms with Crippen molar-refractivity contribution in [2.75, 3.05) is 45.7 Å². The molecule has 1 aliphatic heterocycles. The summed E-state index contributed by atoms with van der Waals surface area (Å²) in [6, 6.07) is 0. The quantitative estimate of drug-likeness (QED) is 0.834. The minimum absolute atomic E-state index is 0.0913. The summed E-state index contributed by atoms with van der Waals surface area (Å²) in [5.74, 6) is 0.599. The monoisotopic (exact) mass is 293 g/mol. The number of hydrogen-bond acceptors (Lipinski definition) is 6. The molecular weight excluding hydrogens is 270 g/mol. The molecule has 0 saturated carbocycles. The Morgan fingerprint density at radius 3 is 2.71 bits per heavy atom. The third-order valence-corrected chi connectivity index (χ3v) is 3.56. The van der Waals surface area contributed by atoms with Crippen LogP contribution in [0.1, 0.15) is 12.5 Å². The second-order valence-electron chi connectivity index (χ2n) is 5.65. The lowest BCUT2D eigenvalue weighted by atomic mass is 10.0. The standard InChI is InChI=1S/C14H23N5O2/c1-14(12(20)15-2)10-19(5-6-21-14)9-11-7-16-13(17-8-11)18(3)4/h7-8H,5-6,9-10H2,1-4H3,(H,15,20)/t14-/m0/s1. The van der Waals surface area contributed by atoms with Crippen molar-refractivity contribution in [3.8, 4) is 0 Å². The molecule has 1 aromatic heterocycles. The van der Waals surface area contributed by atoms with Gasteiger partial charge in [-0.2, -0.15) is 0 Å². The summed E-state index contributed by atoms with van der Waals surface area (Å²) >= 11 is 0. The number of ether oxygens (including phenoxy) is 1. The van der Waals surface area contributed by atoms with Gasteiger partial charge in [-0.1, -0.05) is 0 Å². The maximum absolute atomic E-state index is 11.9. The molecule has 0 aromatic carbocycles. The summed E-state index contributed by atoms with van der Waals surface area (Å²) in [5, 5.41) is 2.66. The fourth-order valence-corrected chi connectivity index (χ4v) is 2.41. The molecule has 116 valence electrons. The van der Waals surface area contributed by atoms with Crippen molar-refractivity contribution >= 4 is 11.9 Å². The summed E-state index contributed by atoms with van der Waals surface area (Å²) in [6.07, 6.45) is 3.66. The smallest absolute Gasteiger partial charge is 0.253 e. The van der Waals surface area contributed by atoms with Gasteiger partial charge in [0.05, 0.1) is 6.61 Å². The van der Waals surface area contributed by atoms with Crippen LogP contribution in [0.4, 0.5) is 5.95 Å². The van der Waals surface area contributed by atoms with E-state index in [1.165, 1.54) is 0 Å². The number of hydrogen-bond donors (Lipinski definition) is 1. The minimum atomic E-state index is -0.794. The van der Waals surface area contributed by atoms with Gasteiger partial charge in [-0.15, -0.1) is 0 Å². The summed E-state index contributed by atoms with van der Waals surface area (Å²) in [6.45, 7) is 4.43. The number of amides is 1. The highest BCUT2D eigenvalue weighted by molar-refractivity contribution is 5.84. The number of likely N-dealkylation sites (N-methyl/N-ethyl adjacent to an activating group) is 1. The molecule has 2 rings (SSSR count). The van der Waals surface area contributed by atoms with Crippen LogP contribution in [0.5, 0.6) is 0 Å². The normalized spacial score (nSPS) is 22.9. The number of nitrogens with one attached hydrogen (secondary N) is 1. The summed E-state index contributed by atoms with van der Waals surface area (Å²) in [7, 11) is 5.45. The van der Waals surface area contributed by atoms with E-state index in [9.17, 15) is 4.79 Å². The lowest BCUT2D eigenvalue weighted by molar-refractivity contribution is -0.156. The molecule has 0 radical (unpaired) electrons. The van der Waals surface area contributed by atoms with E-state index in [-0.39, 0.29) is 5.91 Å². The molecular formula is C14H23N5O2. The molecule has 1 fully saturated rings. The number of aromatic nitrogens is 2. The zero-order valence-corrected chi connectivity index (χ0v) is 13.1. The van der Waals surface area contributed by atoms with E-state index < -0.39 is 5.60 Å². The Morgan fingerprint density at radius 1 is 1.48 bits per heavy atom. The fourth-order valence-electron chi connectivity index (χ4n) is 2.41. The SMILES string of the molecule is CNC(=O)[C@]1(C)CN(Cc2cnc(N(C)C)nc2)CCO1. The first-order valence-electron chi connectivity index (χ1n) is 7.01. The maximum Gasteiger partial charge on any atom is 0.253 e. The van der Waals surface area contributed by atoms with Crippen LogP contribution in [0.15, 0.2) is 12.4 Å². The Balaban J connectivity index is 2.01. The molecule has 1 N–H and O–H groups in total. The molecule has 1 aromatic rings. The van der Waals surface area contributed by atoms with Crippen molar-refractivity contribution in [2.45, 2.75) is 19.1 Å². The van der Waals surface area contributed by atoms with Gasteiger partial charge in [0.15, 0.2) is 5.60 Å². The van der Waals surface area contributed by atoms with E-state index in [4.69, 9.17) is 4.74 Å². The highest BCUT2D eigenvalue weighted by atomic mass is 16.5. The number of rotatable bonds is 4. The minimum Gasteiger partial charge on any atom is -0.363 e. The van der Waals surface area contributed by atoms with E-state index in [1.807, 2.05) is 38.3 Å². The van der Waals surface area contributed by atoms with Crippen LogP contribution in [0.25, 0.3) is 0 Å². The van der Waals surface area contributed by atoms with Crippen LogP contribution < -0.4 is 10.2 Å². The average Bonchev–Trinajstić information content (AvgIpc) is 2.47. The molecule has 0 aliphatic carbocycles. The van der Waals surface area contributed by atoms with E-state index in [1.54, 1.807) is 7.05 Å². The molecule has 7 nitrogen and oxygen atoms in total. The zero-order chi connectivity index (χ0) is 15.5. The lowest BCUT2D eigenvalue weighted by Crippen LogP contribution is -2.57. The molecule has 1 aliphatic rings. The largest absolute Gasteiger partial charge is 0.363 e. The number of nitrogens with zero attached hydrogens (tertiary/aromatic N) is 4. The Morgan fingerprint density at radius 2 is 2.14 bits per heavy atom. The van der Waals surface area contributed by atoms with Crippen LogP contribution in [0.2, 0.25) is 0 Å². The molecule has 0 bridgehead atoms. The predicted octanol–water partition coefficient (Wildman–Crippen LogP) is -0.120. The Labute approximate surface area is 125 Å². The van der Waals surface area contributed by atoms with Crippen LogP contribution >= 0.6 is 0 Å².